The first-order valence-electron chi connectivity index (χ1n) is 5.77. The number of benzene rings is 1. The summed E-state index contributed by atoms with van der Waals surface area (Å²) in [6.07, 6.45) is 3.84. The summed E-state index contributed by atoms with van der Waals surface area (Å²) in [5, 5.41) is 3.42. The number of rotatable bonds is 1. The third-order valence-electron chi connectivity index (χ3n) is 4.19. The highest BCUT2D eigenvalue weighted by atomic mass is 19.1. The number of nitrogens with one attached hydrogen (secondary N) is 1. The van der Waals surface area contributed by atoms with E-state index in [0.29, 0.717) is 11.3 Å². The van der Waals surface area contributed by atoms with Crippen molar-refractivity contribution in [1.29, 1.82) is 0 Å². The van der Waals surface area contributed by atoms with Crippen LogP contribution in [-0.2, 0) is 0 Å². The maximum Gasteiger partial charge on any atom is 0.126 e. The van der Waals surface area contributed by atoms with Gasteiger partial charge in [0.1, 0.15) is 5.82 Å². The van der Waals surface area contributed by atoms with Gasteiger partial charge < -0.3 is 5.32 Å². The van der Waals surface area contributed by atoms with Gasteiger partial charge in [0, 0.05) is 19.0 Å². The van der Waals surface area contributed by atoms with Crippen molar-refractivity contribution in [3.8, 4) is 0 Å². The van der Waals surface area contributed by atoms with E-state index < -0.39 is 0 Å². The van der Waals surface area contributed by atoms with E-state index in [1.165, 1.54) is 19.3 Å². The van der Waals surface area contributed by atoms with Crippen molar-refractivity contribution < 1.29 is 4.39 Å². The van der Waals surface area contributed by atoms with E-state index in [1.807, 2.05) is 12.1 Å². The molecule has 0 aromatic heterocycles. The topological polar surface area (TPSA) is 12.0 Å². The molecule has 1 unspecified atom stereocenters. The highest BCUT2D eigenvalue weighted by Gasteiger charge is 2.48. The van der Waals surface area contributed by atoms with Crippen LogP contribution in [0.15, 0.2) is 24.3 Å². The Bertz CT molecular complexity index is 371. The van der Waals surface area contributed by atoms with E-state index in [2.05, 4.69) is 5.32 Å². The van der Waals surface area contributed by atoms with E-state index in [4.69, 9.17) is 0 Å². The molecule has 3 rings (SSSR count). The molecule has 2 heteroatoms. The van der Waals surface area contributed by atoms with Crippen LogP contribution in [0, 0.1) is 11.2 Å². The van der Waals surface area contributed by atoms with Crippen LogP contribution in [0.4, 0.5) is 4.39 Å². The average Bonchev–Trinajstić information content (AvgIpc) is 2.62. The maximum atomic E-state index is 13.7. The summed E-state index contributed by atoms with van der Waals surface area (Å²) >= 11 is 0. The van der Waals surface area contributed by atoms with Crippen LogP contribution < -0.4 is 5.32 Å². The Morgan fingerprint density at radius 2 is 2.07 bits per heavy atom. The lowest BCUT2D eigenvalue weighted by molar-refractivity contribution is 0.135. The number of halogens is 1. The third kappa shape index (κ3) is 1.31. The van der Waals surface area contributed by atoms with E-state index in [0.717, 1.165) is 18.7 Å². The Kier molecular flexibility index (Phi) is 2.06. The Balaban J connectivity index is 1.96. The second-order valence-electron chi connectivity index (χ2n) is 4.92. The zero-order chi connectivity index (χ0) is 10.3. The molecular formula is C13H16FN. The minimum Gasteiger partial charge on any atom is -0.316 e. The highest BCUT2D eigenvalue weighted by Crippen LogP contribution is 2.53. The molecule has 1 spiro atoms. The molecule has 1 aromatic carbocycles. The zero-order valence-corrected chi connectivity index (χ0v) is 8.80. The predicted molar refractivity (Wildman–Crippen MR) is 58.3 cm³/mol. The van der Waals surface area contributed by atoms with Gasteiger partial charge in [-0.1, -0.05) is 24.6 Å². The summed E-state index contributed by atoms with van der Waals surface area (Å²) in [6.45, 7) is 2.02. The molecular weight excluding hydrogens is 189 g/mol. The summed E-state index contributed by atoms with van der Waals surface area (Å²) in [7, 11) is 0. The van der Waals surface area contributed by atoms with Gasteiger partial charge in [0.15, 0.2) is 0 Å². The van der Waals surface area contributed by atoms with Gasteiger partial charge in [-0.2, -0.15) is 0 Å². The molecule has 15 heavy (non-hydrogen) atoms. The van der Waals surface area contributed by atoms with Crippen molar-refractivity contribution in [2.24, 2.45) is 5.41 Å². The average molecular weight is 205 g/mol. The largest absolute Gasteiger partial charge is 0.316 e. The van der Waals surface area contributed by atoms with Crippen molar-refractivity contribution in [2.75, 3.05) is 13.1 Å². The third-order valence-corrected chi connectivity index (χ3v) is 4.19. The monoisotopic (exact) mass is 205 g/mol. The van der Waals surface area contributed by atoms with Gasteiger partial charge in [0.05, 0.1) is 0 Å². The van der Waals surface area contributed by atoms with Gasteiger partial charge in [0.2, 0.25) is 0 Å². The first kappa shape index (κ1) is 9.34. The molecule has 1 aromatic rings. The van der Waals surface area contributed by atoms with Gasteiger partial charge in [-0.05, 0) is 29.9 Å². The standard InChI is InChI=1S/C13H16FN/c14-12-5-2-1-4-10(12)11-8-15-9-13(11)6-3-7-13/h1-2,4-5,11,15H,3,6-9H2. The Morgan fingerprint density at radius 3 is 2.73 bits per heavy atom. The molecule has 1 saturated carbocycles. The summed E-state index contributed by atoms with van der Waals surface area (Å²) in [4.78, 5) is 0. The maximum absolute atomic E-state index is 13.7. The first-order chi connectivity index (χ1) is 7.32. The van der Waals surface area contributed by atoms with Crippen LogP contribution in [0.3, 0.4) is 0 Å². The summed E-state index contributed by atoms with van der Waals surface area (Å²) in [5.74, 6) is 0.366. The molecule has 1 heterocycles. The highest BCUT2D eigenvalue weighted by molar-refractivity contribution is 5.27. The predicted octanol–water partition coefficient (Wildman–Crippen LogP) is 2.68. The minimum absolute atomic E-state index is 0.0301. The second kappa shape index (κ2) is 3.31. The Morgan fingerprint density at radius 1 is 1.27 bits per heavy atom. The van der Waals surface area contributed by atoms with E-state index in [-0.39, 0.29) is 5.82 Å². The van der Waals surface area contributed by atoms with E-state index in [9.17, 15) is 4.39 Å². The summed E-state index contributed by atoms with van der Waals surface area (Å²) in [5.41, 5.74) is 1.30. The molecule has 0 bridgehead atoms. The molecule has 1 aliphatic heterocycles. The molecule has 1 nitrogen and oxygen atoms in total. The zero-order valence-electron chi connectivity index (χ0n) is 8.80. The lowest BCUT2D eigenvalue weighted by atomic mass is 9.61. The Hall–Kier alpha value is -0.890. The Labute approximate surface area is 89.7 Å². The molecule has 0 radical (unpaired) electrons. The van der Waals surface area contributed by atoms with E-state index >= 15 is 0 Å². The molecule has 1 N–H and O–H groups in total. The first-order valence-corrected chi connectivity index (χ1v) is 5.77. The van der Waals surface area contributed by atoms with Crippen LogP contribution in [0.1, 0.15) is 30.7 Å². The molecule has 0 amide bonds. The minimum atomic E-state index is -0.0301. The fourth-order valence-corrected chi connectivity index (χ4v) is 3.16. The van der Waals surface area contributed by atoms with Crippen LogP contribution in [0.2, 0.25) is 0 Å². The van der Waals surface area contributed by atoms with Crippen molar-refractivity contribution in [3.63, 3.8) is 0 Å². The molecule has 80 valence electrons. The van der Waals surface area contributed by atoms with Gasteiger partial charge in [-0.15, -0.1) is 0 Å². The van der Waals surface area contributed by atoms with Gasteiger partial charge >= 0.3 is 0 Å². The SMILES string of the molecule is Fc1ccccc1C1CNCC12CCC2. The lowest BCUT2D eigenvalue weighted by Crippen LogP contribution is -2.36. The lowest BCUT2D eigenvalue weighted by Gasteiger charge is -2.43. The van der Waals surface area contributed by atoms with Crippen molar-refractivity contribution >= 4 is 0 Å². The van der Waals surface area contributed by atoms with Crippen LogP contribution in [-0.4, -0.2) is 13.1 Å². The second-order valence-corrected chi connectivity index (χ2v) is 4.92. The molecule has 2 fully saturated rings. The van der Waals surface area contributed by atoms with Crippen molar-refractivity contribution in [1.82, 2.24) is 5.32 Å². The normalized spacial score (nSPS) is 27.9. The number of hydrogen-bond acceptors (Lipinski definition) is 1. The quantitative estimate of drug-likeness (QED) is 0.743. The summed E-state index contributed by atoms with van der Waals surface area (Å²) < 4.78 is 13.7. The molecule has 1 atom stereocenters. The van der Waals surface area contributed by atoms with Crippen molar-refractivity contribution in [2.45, 2.75) is 25.2 Å². The van der Waals surface area contributed by atoms with Crippen LogP contribution in [0.25, 0.3) is 0 Å². The van der Waals surface area contributed by atoms with Crippen LogP contribution >= 0.6 is 0 Å². The molecule has 1 saturated heterocycles. The van der Waals surface area contributed by atoms with E-state index in [1.54, 1.807) is 12.1 Å². The molecule has 1 aliphatic carbocycles. The van der Waals surface area contributed by atoms with Crippen molar-refractivity contribution in [3.05, 3.63) is 35.6 Å². The smallest absolute Gasteiger partial charge is 0.126 e. The van der Waals surface area contributed by atoms with Crippen LogP contribution in [0.5, 0.6) is 0 Å². The molecule has 2 aliphatic rings. The number of hydrogen-bond donors (Lipinski definition) is 1. The fraction of sp³-hybridized carbons (Fsp3) is 0.538. The summed E-state index contributed by atoms with van der Waals surface area (Å²) in [6, 6.07) is 7.25. The fourth-order valence-electron chi connectivity index (χ4n) is 3.16. The van der Waals surface area contributed by atoms with Gasteiger partial charge in [-0.25, -0.2) is 4.39 Å². The van der Waals surface area contributed by atoms with Gasteiger partial charge in [0.25, 0.3) is 0 Å². The van der Waals surface area contributed by atoms with Gasteiger partial charge in [-0.3, -0.25) is 0 Å².